The second-order valence-electron chi connectivity index (χ2n) is 4.06. The van der Waals surface area contributed by atoms with Crippen LogP contribution in [-0.2, 0) is 6.61 Å². The lowest BCUT2D eigenvalue weighted by molar-refractivity contribution is 0.0692. The fourth-order valence-corrected chi connectivity index (χ4v) is 2.37. The highest BCUT2D eigenvalue weighted by Gasteiger charge is 2.16. The van der Waals surface area contributed by atoms with Gasteiger partial charge in [0.15, 0.2) is 5.75 Å². The molecule has 0 saturated heterocycles. The maximum absolute atomic E-state index is 11.2. The van der Waals surface area contributed by atoms with Crippen LogP contribution in [0, 0.1) is 0 Å². The standard InChI is InChI=1S/C14H11BrClNO3/c15-11-4-2-1-3-8(11)7-20-13-10(14(18)19)5-9(17)6-12(13)16/h1-6H,7,17H2,(H,18,19). The van der Waals surface area contributed by atoms with E-state index in [0.29, 0.717) is 0 Å². The van der Waals surface area contributed by atoms with Crippen molar-refractivity contribution in [3.8, 4) is 5.75 Å². The number of halogens is 2. The number of ether oxygens (including phenoxy) is 1. The topological polar surface area (TPSA) is 72.5 Å². The van der Waals surface area contributed by atoms with Gasteiger partial charge >= 0.3 is 5.97 Å². The average molecular weight is 357 g/mol. The molecule has 0 fully saturated rings. The molecular formula is C14H11BrClNO3. The van der Waals surface area contributed by atoms with Crippen molar-refractivity contribution < 1.29 is 14.6 Å². The van der Waals surface area contributed by atoms with Gasteiger partial charge in [-0.3, -0.25) is 0 Å². The molecule has 0 bridgehead atoms. The molecule has 2 aromatic carbocycles. The summed E-state index contributed by atoms with van der Waals surface area (Å²) in [6, 6.07) is 10.3. The van der Waals surface area contributed by atoms with Gasteiger partial charge in [-0.2, -0.15) is 0 Å². The summed E-state index contributed by atoms with van der Waals surface area (Å²) in [6.45, 7) is 0.200. The lowest BCUT2D eigenvalue weighted by Gasteiger charge is -2.12. The fraction of sp³-hybridized carbons (Fsp3) is 0.0714. The van der Waals surface area contributed by atoms with Gasteiger partial charge in [-0.1, -0.05) is 45.7 Å². The Hall–Kier alpha value is -1.72. The number of nitrogen functional groups attached to an aromatic ring is 1. The van der Waals surface area contributed by atoms with Crippen molar-refractivity contribution in [2.45, 2.75) is 6.61 Å². The molecule has 104 valence electrons. The van der Waals surface area contributed by atoms with Gasteiger partial charge in [0.1, 0.15) is 12.2 Å². The summed E-state index contributed by atoms with van der Waals surface area (Å²) in [4.78, 5) is 11.2. The van der Waals surface area contributed by atoms with Crippen LogP contribution in [0.25, 0.3) is 0 Å². The number of nitrogens with two attached hydrogens (primary N) is 1. The highest BCUT2D eigenvalue weighted by atomic mass is 79.9. The highest BCUT2D eigenvalue weighted by molar-refractivity contribution is 9.10. The van der Waals surface area contributed by atoms with Gasteiger partial charge < -0.3 is 15.6 Å². The van der Waals surface area contributed by atoms with E-state index < -0.39 is 5.97 Å². The number of carboxylic acid groups (broad SMARTS) is 1. The Morgan fingerprint density at radius 3 is 2.70 bits per heavy atom. The molecule has 0 unspecified atom stereocenters. The van der Waals surface area contributed by atoms with Gasteiger partial charge in [-0.05, 0) is 18.2 Å². The van der Waals surface area contributed by atoms with Crippen LogP contribution >= 0.6 is 27.5 Å². The van der Waals surface area contributed by atoms with Crippen molar-refractivity contribution in [2.24, 2.45) is 0 Å². The highest BCUT2D eigenvalue weighted by Crippen LogP contribution is 2.32. The first-order chi connectivity index (χ1) is 9.49. The molecule has 0 aliphatic rings. The average Bonchev–Trinajstić information content (AvgIpc) is 2.38. The summed E-state index contributed by atoms with van der Waals surface area (Å²) in [5.74, 6) is -1.02. The Bertz CT molecular complexity index is 661. The zero-order valence-electron chi connectivity index (χ0n) is 10.3. The number of aromatic carboxylic acids is 1. The third-order valence-electron chi connectivity index (χ3n) is 2.63. The third-order valence-corrected chi connectivity index (χ3v) is 3.68. The molecule has 0 atom stereocenters. The van der Waals surface area contributed by atoms with E-state index in [1.165, 1.54) is 12.1 Å². The fourth-order valence-electron chi connectivity index (χ4n) is 1.69. The summed E-state index contributed by atoms with van der Waals surface area (Å²) < 4.78 is 6.43. The largest absolute Gasteiger partial charge is 0.486 e. The van der Waals surface area contributed by atoms with E-state index in [-0.39, 0.29) is 28.6 Å². The SMILES string of the molecule is Nc1cc(Cl)c(OCc2ccccc2Br)c(C(=O)O)c1. The Morgan fingerprint density at radius 1 is 1.35 bits per heavy atom. The minimum Gasteiger partial charge on any atom is -0.486 e. The van der Waals surface area contributed by atoms with Crippen molar-refractivity contribution in [1.29, 1.82) is 0 Å². The van der Waals surface area contributed by atoms with Crippen LogP contribution in [0.1, 0.15) is 15.9 Å². The summed E-state index contributed by atoms with van der Waals surface area (Å²) >= 11 is 9.40. The zero-order valence-corrected chi connectivity index (χ0v) is 12.6. The van der Waals surface area contributed by atoms with Crippen molar-refractivity contribution in [3.63, 3.8) is 0 Å². The van der Waals surface area contributed by atoms with Crippen LogP contribution < -0.4 is 10.5 Å². The van der Waals surface area contributed by atoms with Crippen molar-refractivity contribution >= 4 is 39.2 Å². The van der Waals surface area contributed by atoms with E-state index in [0.717, 1.165) is 10.0 Å². The normalized spacial score (nSPS) is 10.3. The van der Waals surface area contributed by atoms with E-state index in [1.54, 1.807) is 0 Å². The van der Waals surface area contributed by atoms with E-state index in [1.807, 2.05) is 24.3 Å². The lowest BCUT2D eigenvalue weighted by atomic mass is 10.1. The molecule has 0 radical (unpaired) electrons. The number of hydrogen-bond donors (Lipinski definition) is 2. The number of hydrogen-bond acceptors (Lipinski definition) is 3. The molecule has 3 N–H and O–H groups in total. The maximum atomic E-state index is 11.2. The molecule has 2 aromatic rings. The van der Waals surface area contributed by atoms with Crippen LogP contribution in [0.15, 0.2) is 40.9 Å². The van der Waals surface area contributed by atoms with Crippen LogP contribution in [0.2, 0.25) is 5.02 Å². The Labute approximate surface area is 129 Å². The third kappa shape index (κ3) is 3.23. The number of benzene rings is 2. The van der Waals surface area contributed by atoms with Crippen LogP contribution in [-0.4, -0.2) is 11.1 Å². The van der Waals surface area contributed by atoms with E-state index in [9.17, 15) is 4.79 Å². The van der Waals surface area contributed by atoms with E-state index in [2.05, 4.69) is 15.9 Å². The minimum absolute atomic E-state index is 0.0537. The molecule has 0 amide bonds. The van der Waals surface area contributed by atoms with Crippen molar-refractivity contribution in [2.75, 3.05) is 5.73 Å². The van der Waals surface area contributed by atoms with Gasteiger partial charge in [-0.15, -0.1) is 0 Å². The monoisotopic (exact) mass is 355 g/mol. The van der Waals surface area contributed by atoms with Gasteiger partial charge in [0.2, 0.25) is 0 Å². The smallest absolute Gasteiger partial charge is 0.339 e. The first kappa shape index (κ1) is 14.7. The quantitative estimate of drug-likeness (QED) is 0.813. The van der Waals surface area contributed by atoms with Crippen LogP contribution in [0.4, 0.5) is 5.69 Å². The molecule has 6 heteroatoms. The van der Waals surface area contributed by atoms with E-state index in [4.69, 9.17) is 27.2 Å². The summed E-state index contributed by atoms with van der Waals surface area (Å²) in [7, 11) is 0. The lowest BCUT2D eigenvalue weighted by Crippen LogP contribution is -2.05. The first-order valence-corrected chi connectivity index (χ1v) is 6.84. The second-order valence-corrected chi connectivity index (χ2v) is 5.33. The summed E-state index contributed by atoms with van der Waals surface area (Å²) in [6.07, 6.45) is 0. The summed E-state index contributed by atoms with van der Waals surface area (Å²) in [5.41, 5.74) is 6.70. The van der Waals surface area contributed by atoms with Crippen molar-refractivity contribution in [1.82, 2.24) is 0 Å². The Kier molecular flexibility index (Phi) is 4.52. The van der Waals surface area contributed by atoms with Crippen LogP contribution in [0.3, 0.4) is 0 Å². The minimum atomic E-state index is -1.14. The van der Waals surface area contributed by atoms with Gasteiger partial charge in [0.25, 0.3) is 0 Å². The molecule has 4 nitrogen and oxygen atoms in total. The Balaban J connectivity index is 2.30. The molecule has 0 spiro atoms. The van der Waals surface area contributed by atoms with Gasteiger partial charge in [0.05, 0.1) is 5.02 Å². The molecule has 2 rings (SSSR count). The molecule has 0 aromatic heterocycles. The Morgan fingerprint density at radius 2 is 2.05 bits per heavy atom. The first-order valence-electron chi connectivity index (χ1n) is 5.67. The molecule has 0 saturated carbocycles. The second kappa shape index (κ2) is 6.15. The molecule has 20 heavy (non-hydrogen) atoms. The molecule has 0 aliphatic heterocycles. The number of rotatable bonds is 4. The van der Waals surface area contributed by atoms with E-state index >= 15 is 0 Å². The zero-order chi connectivity index (χ0) is 14.7. The molecule has 0 aliphatic carbocycles. The van der Waals surface area contributed by atoms with Crippen molar-refractivity contribution in [3.05, 3.63) is 57.0 Å². The molecule has 0 heterocycles. The van der Waals surface area contributed by atoms with Crippen LogP contribution in [0.5, 0.6) is 5.75 Å². The number of anilines is 1. The summed E-state index contributed by atoms with van der Waals surface area (Å²) in [5, 5.41) is 9.34. The molecular weight excluding hydrogens is 346 g/mol. The van der Waals surface area contributed by atoms with Gasteiger partial charge in [-0.25, -0.2) is 4.79 Å². The number of carboxylic acids is 1. The predicted molar refractivity (Wildman–Crippen MR) is 81.3 cm³/mol. The number of carbonyl (C=O) groups is 1. The van der Waals surface area contributed by atoms with Gasteiger partial charge in [0, 0.05) is 15.7 Å². The maximum Gasteiger partial charge on any atom is 0.339 e. The predicted octanol–water partition coefficient (Wildman–Crippen LogP) is 3.96.